The molecule has 17 heavy (non-hydrogen) atoms. The second kappa shape index (κ2) is 5.92. The van der Waals surface area contributed by atoms with E-state index in [1.807, 2.05) is 0 Å². The molecule has 0 heterocycles. The molecule has 1 saturated carbocycles. The number of hydrogen-bond donors (Lipinski definition) is 0. The summed E-state index contributed by atoms with van der Waals surface area (Å²) in [6, 6.07) is 6.66. The van der Waals surface area contributed by atoms with Gasteiger partial charge < -0.3 is 4.74 Å². The van der Waals surface area contributed by atoms with Crippen LogP contribution < -0.4 is 0 Å². The van der Waals surface area contributed by atoms with Gasteiger partial charge in [0.1, 0.15) is 11.6 Å². The van der Waals surface area contributed by atoms with Crippen molar-refractivity contribution in [3.8, 4) is 0 Å². The average Bonchev–Trinajstić information content (AvgIpc) is 2.34. The number of rotatable bonds is 4. The first-order valence-corrected chi connectivity index (χ1v) is 6.08. The van der Waals surface area contributed by atoms with Crippen molar-refractivity contribution in [2.75, 3.05) is 6.61 Å². The number of carbonyl (C=O) groups excluding carboxylic acids is 1. The number of ether oxygens (including phenoxy) is 1. The van der Waals surface area contributed by atoms with E-state index >= 15 is 0 Å². The van der Waals surface area contributed by atoms with Crippen LogP contribution in [-0.4, -0.2) is 12.4 Å². The van der Waals surface area contributed by atoms with Gasteiger partial charge in [-0.05, 0) is 24.8 Å². The van der Waals surface area contributed by atoms with Gasteiger partial charge in [0.25, 0.3) is 0 Å². The van der Waals surface area contributed by atoms with E-state index in [1.165, 1.54) is 6.07 Å². The lowest BCUT2D eigenvalue weighted by Crippen LogP contribution is -2.18. The Morgan fingerprint density at radius 3 is 2.65 bits per heavy atom. The predicted octanol–water partition coefficient (Wildman–Crippen LogP) is 3.10. The lowest BCUT2D eigenvalue weighted by Gasteiger charge is -2.20. The van der Waals surface area contributed by atoms with E-state index in [2.05, 4.69) is 0 Å². The van der Waals surface area contributed by atoms with E-state index in [0.717, 1.165) is 12.8 Å². The first-order chi connectivity index (χ1) is 8.25. The minimum atomic E-state index is -0.216. The molecule has 1 aromatic rings. The number of ketones is 1. The van der Waals surface area contributed by atoms with Crippen molar-refractivity contribution in [2.45, 2.75) is 32.3 Å². The van der Waals surface area contributed by atoms with Gasteiger partial charge in [-0.25, -0.2) is 4.39 Å². The van der Waals surface area contributed by atoms with E-state index in [1.54, 1.807) is 18.2 Å². The summed E-state index contributed by atoms with van der Waals surface area (Å²) >= 11 is 0. The minimum absolute atomic E-state index is 0.216. The Morgan fingerprint density at radius 1 is 1.24 bits per heavy atom. The zero-order chi connectivity index (χ0) is 12.1. The smallest absolute Gasteiger partial charge is 0.132 e. The van der Waals surface area contributed by atoms with Crippen molar-refractivity contribution in [3.05, 3.63) is 35.6 Å². The summed E-state index contributed by atoms with van der Waals surface area (Å²) in [7, 11) is 0. The number of halogens is 1. The zero-order valence-corrected chi connectivity index (χ0v) is 9.82. The van der Waals surface area contributed by atoms with Gasteiger partial charge in [-0.3, -0.25) is 4.79 Å². The minimum Gasteiger partial charge on any atom is -0.376 e. The molecule has 92 valence electrons. The maximum Gasteiger partial charge on any atom is 0.132 e. The Labute approximate surface area is 101 Å². The van der Waals surface area contributed by atoms with Gasteiger partial charge in [-0.15, -0.1) is 0 Å². The molecule has 0 amide bonds. The lowest BCUT2D eigenvalue weighted by molar-refractivity contribution is -0.121. The zero-order valence-electron chi connectivity index (χ0n) is 9.82. The molecule has 3 heteroatoms. The summed E-state index contributed by atoms with van der Waals surface area (Å²) < 4.78 is 18.8. The molecule has 0 saturated heterocycles. The van der Waals surface area contributed by atoms with Crippen LogP contribution in [0.15, 0.2) is 24.3 Å². The largest absolute Gasteiger partial charge is 0.376 e. The average molecular weight is 236 g/mol. The quantitative estimate of drug-likeness (QED) is 0.803. The maximum atomic E-state index is 13.3. The van der Waals surface area contributed by atoms with Crippen LogP contribution >= 0.6 is 0 Å². The molecule has 0 spiro atoms. The van der Waals surface area contributed by atoms with Gasteiger partial charge in [0.15, 0.2) is 0 Å². The van der Waals surface area contributed by atoms with Gasteiger partial charge in [0, 0.05) is 25.0 Å². The Bertz CT molecular complexity index is 380. The molecule has 0 aromatic heterocycles. The molecule has 0 atom stereocenters. The summed E-state index contributed by atoms with van der Waals surface area (Å²) in [5.74, 6) is 0.598. The van der Waals surface area contributed by atoms with Crippen LogP contribution in [0.3, 0.4) is 0 Å². The fourth-order valence-electron chi connectivity index (χ4n) is 2.12. The molecule has 1 aliphatic carbocycles. The number of carbonyl (C=O) groups is 1. The lowest BCUT2D eigenvalue weighted by atomic mass is 9.89. The Hall–Kier alpha value is -1.22. The summed E-state index contributed by atoms with van der Waals surface area (Å²) in [4.78, 5) is 11.1. The normalized spacial score (nSPS) is 17.4. The van der Waals surface area contributed by atoms with Crippen LogP contribution in [0.5, 0.6) is 0 Å². The highest BCUT2D eigenvalue weighted by molar-refractivity contribution is 5.79. The highest BCUT2D eigenvalue weighted by atomic mass is 19.1. The van der Waals surface area contributed by atoms with E-state index in [4.69, 9.17) is 4.74 Å². The van der Waals surface area contributed by atoms with Crippen LogP contribution in [0, 0.1) is 11.7 Å². The first-order valence-electron chi connectivity index (χ1n) is 6.08. The van der Waals surface area contributed by atoms with Crippen molar-refractivity contribution in [3.63, 3.8) is 0 Å². The number of Topliss-reactive ketones (excluding diaryl/α,β-unsaturated/α-hetero) is 1. The Kier molecular flexibility index (Phi) is 4.26. The van der Waals surface area contributed by atoms with Crippen molar-refractivity contribution in [1.82, 2.24) is 0 Å². The van der Waals surface area contributed by atoms with Crippen molar-refractivity contribution < 1.29 is 13.9 Å². The highest BCUT2D eigenvalue weighted by Gasteiger charge is 2.18. The molecule has 0 radical (unpaired) electrons. The van der Waals surface area contributed by atoms with Gasteiger partial charge in [-0.2, -0.15) is 0 Å². The molecular weight excluding hydrogens is 219 g/mol. The summed E-state index contributed by atoms with van der Waals surface area (Å²) in [6.07, 6.45) is 3.17. The van der Waals surface area contributed by atoms with Crippen LogP contribution in [0.25, 0.3) is 0 Å². The van der Waals surface area contributed by atoms with E-state index in [0.29, 0.717) is 43.3 Å². The highest BCUT2D eigenvalue weighted by Crippen LogP contribution is 2.22. The fourth-order valence-corrected chi connectivity index (χ4v) is 2.12. The predicted molar refractivity (Wildman–Crippen MR) is 63.0 cm³/mol. The van der Waals surface area contributed by atoms with Crippen LogP contribution in [0.2, 0.25) is 0 Å². The van der Waals surface area contributed by atoms with Crippen LogP contribution in [0.1, 0.15) is 31.2 Å². The van der Waals surface area contributed by atoms with Crippen molar-refractivity contribution in [1.29, 1.82) is 0 Å². The molecule has 2 rings (SSSR count). The Morgan fingerprint density at radius 2 is 1.94 bits per heavy atom. The second-order valence-corrected chi connectivity index (χ2v) is 4.59. The van der Waals surface area contributed by atoms with Crippen molar-refractivity contribution in [2.24, 2.45) is 5.92 Å². The third-order valence-corrected chi connectivity index (χ3v) is 3.23. The molecule has 2 nitrogen and oxygen atoms in total. The third-order valence-electron chi connectivity index (χ3n) is 3.23. The molecular formula is C14H17FO2. The van der Waals surface area contributed by atoms with E-state index < -0.39 is 0 Å². The van der Waals surface area contributed by atoms with E-state index in [-0.39, 0.29) is 5.82 Å². The standard InChI is InChI=1S/C14H17FO2/c15-14-4-2-1-3-12(14)10-17-9-11-5-7-13(16)8-6-11/h1-4,11H,5-10H2. The third kappa shape index (κ3) is 3.63. The summed E-state index contributed by atoms with van der Waals surface area (Å²) in [5.41, 5.74) is 0.597. The van der Waals surface area contributed by atoms with Gasteiger partial charge in [0.2, 0.25) is 0 Å². The molecule has 0 aliphatic heterocycles. The SMILES string of the molecule is O=C1CCC(COCc2ccccc2F)CC1. The monoisotopic (exact) mass is 236 g/mol. The first kappa shape index (κ1) is 12.2. The maximum absolute atomic E-state index is 13.3. The molecule has 1 aliphatic rings. The molecule has 0 N–H and O–H groups in total. The summed E-state index contributed by atoms with van der Waals surface area (Å²) in [5, 5.41) is 0. The van der Waals surface area contributed by atoms with Crippen LogP contribution in [0.4, 0.5) is 4.39 Å². The number of benzene rings is 1. The fraction of sp³-hybridized carbons (Fsp3) is 0.500. The molecule has 1 fully saturated rings. The van der Waals surface area contributed by atoms with Crippen LogP contribution in [-0.2, 0) is 16.1 Å². The Balaban J connectivity index is 1.73. The topological polar surface area (TPSA) is 26.3 Å². The molecule has 0 bridgehead atoms. The van der Waals surface area contributed by atoms with Gasteiger partial charge in [0.05, 0.1) is 6.61 Å². The van der Waals surface area contributed by atoms with Gasteiger partial charge in [-0.1, -0.05) is 18.2 Å². The van der Waals surface area contributed by atoms with Gasteiger partial charge >= 0.3 is 0 Å². The summed E-state index contributed by atoms with van der Waals surface area (Å²) in [6.45, 7) is 0.943. The van der Waals surface area contributed by atoms with E-state index in [9.17, 15) is 9.18 Å². The molecule has 0 unspecified atom stereocenters. The second-order valence-electron chi connectivity index (χ2n) is 4.59. The number of hydrogen-bond acceptors (Lipinski definition) is 2. The molecule has 1 aromatic carbocycles. The van der Waals surface area contributed by atoms with Crippen molar-refractivity contribution >= 4 is 5.78 Å².